The van der Waals surface area contributed by atoms with Gasteiger partial charge in [0.1, 0.15) is 6.10 Å². The molecule has 4 heteroatoms. The average molecular weight is 289 g/mol. The molecular weight excluding hydrogens is 266 g/mol. The van der Waals surface area contributed by atoms with Crippen LogP contribution in [0.1, 0.15) is 31.2 Å². The fourth-order valence-corrected chi connectivity index (χ4v) is 3.10. The van der Waals surface area contributed by atoms with Gasteiger partial charge in [-0.2, -0.15) is 0 Å². The lowest BCUT2D eigenvalue weighted by atomic mass is 10.2. The first kappa shape index (κ1) is 14.5. The summed E-state index contributed by atoms with van der Waals surface area (Å²) in [7, 11) is 0. The number of esters is 1. The van der Waals surface area contributed by atoms with Crippen molar-refractivity contribution < 1.29 is 14.3 Å². The van der Waals surface area contributed by atoms with Crippen LogP contribution in [0, 0.1) is 0 Å². The Morgan fingerprint density at radius 2 is 2.14 bits per heavy atom. The summed E-state index contributed by atoms with van der Waals surface area (Å²) in [6, 6.07) is 10.4. The van der Waals surface area contributed by atoms with Crippen molar-refractivity contribution in [1.82, 2.24) is 4.90 Å². The number of benzene rings is 1. The Hall–Kier alpha value is -1.39. The van der Waals surface area contributed by atoms with Crippen molar-refractivity contribution in [3.8, 4) is 0 Å². The number of hydrogen-bond acceptors (Lipinski definition) is 4. The summed E-state index contributed by atoms with van der Waals surface area (Å²) in [5, 5.41) is 0. The van der Waals surface area contributed by atoms with Gasteiger partial charge in [0.25, 0.3) is 0 Å². The molecule has 4 nitrogen and oxygen atoms in total. The van der Waals surface area contributed by atoms with Gasteiger partial charge in [-0.15, -0.1) is 0 Å². The van der Waals surface area contributed by atoms with Crippen LogP contribution in [0.2, 0.25) is 0 Å². The number of nitrogens with zero attached hydrogens (tertiary/aromatic N) is 1. The zero-order valence-electron chi connectivity index (χ0n) is 12.4. The second kappa shape index (κ2) is 7.05. The number of likely N-dealkylation sites (tertiary alicyclic amines) is 1. The van der Waals surface area contributed by atoms with Crippen molar-refractivity contribution >= 4 is 5.97 Å². The van der Waals surface area contributed by atoms with E-state index in [-0.39, 0.29) is 18.2 Å². The minimum Gasteiger partial charge on any atom is -0.461 e. The van der Waals surface area contributed by atoms with Crippen molar-refractivity contribution in [3.63, 3.8) is 0 Å². The number of carbonyl (C=O) groups is 1. The van der Waals surface area contributed by atoms with Gasteiger partial charge in [-0.1, -0.05) is 30.3 Å². The molecule has 2 aliphatic heterocycles. The molecule has 0 saturated carbocycles. The van der Waals surface area contributed by atoms with E-state index in [1.54, 1.807) is 0 Å². The van der Waals surface area contributed by atoms with Gasteiger partial charge in [-0.05, 0) is 24.8 Å². The molecule has 2 atom stereocenters. The van der Waals surface area contributed by atoms with Crippen molar-refractivity contribution in [1.29, 1.82) is 0 Å². The van der Waals surface area contributed by atoms with Crippen LogP contribution < -0.4 is 0 Å². The standard InChI is InChI=1S/C17H23NO3/c19-17(11-15-7-4-10-20-15)21-16-8-9-18(13-16)12-14-5-2-1-3-6-14/h1-3,5-6,15-16H,4,7-13H2/t15?,16-/m0/s1. The Balaban J connectivity index is 1.41. The van der Waals surface area contributed by atoms with Gasteiger partial charge in [0.2, 0.25) is 0 Å². The molecule has 0 amide bonds. The minimum atomic E-state index is -0.103. The highest BCUT2D eigenvalue weighted by Gasteiger charge is 2.27. The molecule has 0 aliphatic carbocycles. The highest BCUT2D eigenvalue weighted by atomic mass is 16.5. The summed E-state index contributed by atoms with van der Waals surface area (Å²) in [6.45, 7) is 3.55. The SMILES string of the molecule is O=C(CC1CCCO1)O[C@H]1CCN(Cc2ccccc2)C1. The first-order valence-corrected chi connectivity index (χ1v) is 7.87. The molecule has 0 aromatic heterocycles. The Morgan fingerprint density at radius 1 is 1.29 bits per heavy atom. The lowest BCUT2D eigenvalue weighted by molar-refractivity contribution is -0.150. The average Bonchev–Trinajstić information content (AvgIpc) is 3.12. The number of ether oxygens (including phenoxy) is 2. The van der Waals surface area contributed by atoms with Gasteiger partial charge in [0.05, 0.1) is 12.5 Å². The summed E-state index contributed by atoms with van der Waals surface area (Å²) in [5.41, 5.74) is 1.31. The topological polar surface area (TPSA) is 38.8 Å². The van der Waals surface area contributed by atoms with Crippen LogP contribution >= 0.6 is 0 Å². The van der Waals surface area contributed by atoms with Gasteiger partial charge >= 0.3 is 5.97 Å². The molecule has 1 aromatic rings. The molecule has 2 fully saturated rings. The fourth-order valence-electron chi connectivity index (χ4n) is 3.10. The number of carbonyl (C=O) groups excluding carboxylic acids is 1. The maximum absolute atomic E-state index is 11.9. The molecule has 21 heavy (non-hydrogen) atoms. The molecule has 0 bridgehead atoms. The predicted octanol–water partition coefficient (Wildman–Crippen LogP) is 2.37. The van der Waals surface area contributed by atoms with E-state index in [1.807, 2.05) is 6.07 Å². The molecule has 2 aliphatic rings. The summed E-state index contributed by atoms with van der Waals surface area (Å²) < 4.78 is 11.1. The molecule has 2 saturated heterocycles. The van der Waals surface area contributed by atoms with Crippen LogP contribution in [0.15, 0.2) is 30.3 Å². The second-order valence-electron chi connectivity index (χ2n) is 5.96. The van der Waals surface area contributed by atoms with E-state index in [9.17, 15) is 4.79 Å². The van der Waals surface area contributed by atoms with Crippen molar-refractivity contribution in [2.24, 2.45) is 0 Å². The first-order valence-electron chi connectivity index (χ1n) is 7.87. The third-order valence-corrected chi connectivity index (χ3v) is 4.19. The number of hydrogen-bond donors (Lipinski definition) is 0. The first-order chi connectivity index (χ1) is 10.3. The van der Waals surface area contributed by atoms with Gasteiger partial charge in [0, 0.05) is 26.2 Å². The molecular formula is C17H23NO3. The summed E-state index contributed by atoms with van der Waals surface area (Å²) in [5.74, 6) is -0.103. The molecule has 1 aromatic carbocycles. The molecule has 3 rings (SSSR count). The van der Waals surface area contributed by atoms with Crippen LogP contribution in [0.25, 0.3) is 0 Å². The van der Waals surface area contributed by atoms with E-state index in [2.05, 4.69) is 29.2 Å². The van der Waals surface area contributed by atoms with E-state index in [4.69, 9.17) is 9.47 Å². The van der Waals surface area contributed by atoms with Crippen LogP contribution in [0.5, 0.6) is 0 Å². The monoisotopic (exact) mass is 289 g/mol. The minimum absolute atomic E-state index is 0.0441. The van der Waals surface area contributed by atoms with Crippen LogP contribution in [-0.4, -0.2) is 42.8 Å². The van der Waals surface area contributed by atoms with E-state index in [0.29, 0.717) is 6.42 Å². The predicted molar refractivity (Wildman–Crippen MR) is 79.8 cm³/mol. The summed E-state index contributed by atoms with van der Waals surface area (Å²) >= 11 is 0. The second-order valence-corrected chi connectivity index (χ2v) is 5.96. The molecule has 2 heterocycles. The third-order valence-electron chi connectivity index (χ3n) is 4.19. The van der Waals surface area contributed by atoms with Gasteiger partial charge < -0.3 is 9.47 Å². The largest absolute Gasteiger partial charge is 0.461 e. The smallest absolute Gasteiger partial charge is 0.308 e. The maximum Gasteiger partial charge on any atom is 0.308 e. The van der Waals surface area contributed by atoms with E-state index in [0.717, 1.165) is 45.5 Å². The molecule has 0 spiro atoms. The Morgan fingerprint density at radius 3 is 2.90 bits per heavy atom. The zero-order chi connectivity index (χ0) is 14.5. The van der Waals surface area contributed by atoms with E-state index < -0.39 is 0 Å². The highest BCUT2D eigenvalue weighted by Crippen LogP contribution is 2.19. The van der Waals surface area contributed by atoms with Crippen molar-refractivity contribution in [2.45, 2.75) is 44.4 Å². The van der Waals surface area contributed by atoms with Crippen molar-refractivity contribution in [3.05, 3.63) is 35.9 Å². The quantitative estimate of drug-likeness (QED) is 0.780. The van der Waals surface area contributed by atoms with Gasteiger partial charge in [-0.25, -0.2) is 0 Å². The van der Waals surface area contributed by atoms with E-state index in [1.165, 1.54) is 5.56 Å². The van der Waals surface area contributed by atoms with Crippen LogP contribution in [0.4, 0.5) is 0 Å². The van der Waals surface area contributed by atoms with Crippen LogP contribution in [0.3, 0.4) is 0 Å². The Kier molecular flexibility index (Phi) is 4.88. The molecule has 0 N–H and O–H groups in total. The molecule has 1 unspecified atom stereocenters. The number of rotatable bonds is 5. The third kappa shape index (κ3) is 4.29. The van der Waals surface area contributed by atoms with Crippen LogP contribution in [-0.2, 0) is 20.8 Å². The lowest BCUT2D eigenvalue weighted by Gasteiger charge is -2.17. The van der Waals surface area contributed by atoms with Crippen molar-refractivity contribution in [2.75, 3.05) is 19.7 Å². The zero-order valence-corrected chi connectivity index (χ0v) is 12.4. The summed E-state index contributed by atoms with van der Waals surface area (Å²) in [6.07, 6.45) is 3.52. The Labute approximate surface area is 126 Å². The summed E-state index contributed by atoms with van der Waals surface area (Å²) in [4.78, 5) is 14.2. The molecule has 114 valence electrons. The Bertz CT molecular complexity index is 456. The highest BCUT2D eigenvalue weighted by molar-refractivity contribution is 5.70. The normalized spacial score (nSPS) is 26.1. The molecule has 0 radical (unpaired) electrons. The van der Waals surface area contributed by atoms with Gasteiger partial charge in [-0.3, -0.25) is 9.69 Å². The van der Waals surface area contributed by atoms with E-state index >= 15 is 0 Å². The fraction of sp³-hybridized carbons (Fsp3) is 0.588. The van der Waals surface area contributed by atoms with Gasteiger partial charge in [0.15, 0.2) is 0 Å². The lowest BCUT2D eigenvalue weighted by Crippen LogP contribution is -2.26. The maximum atomic E-state index is 11.9.